The predicted octanol–water partition coefficient (Wildman–Crippen LogP) is 0.454. The molecule has 0 spiro atoms. The van der Waals surface area contributed by atoms with Gasteiger partial charge in [-0.15, -0.1) is 0 Å². The first kappa shape index (κ1) is 6.85. The fraction of sp³-hybridized carbons (Fsp3) is 0.625. The largest absolute Gasteiger partial charge is 0.325 e. The molecule has 1 fully saturated rings. The molecule has 3 nitrogen and oxygen atoms in total. The second kappa shape index (κ2) is 2.08. The summed E-state index contributed by atoms with van der Waals surface area (Å²) in [5, 5.41) is 4.09. The maximum Gasteiger partial charge on any atom is 0.0522 e. The first-order valence-electron chi connectivity index (χ1n) is 3.94. The van der Waals surface area contributed by atoms with Crippen LogP contribution in [0, 0.1) is 0 Å². The molecule has 1 aliphatic rings. The highest BCUT2D eigenvalue weighted by atomic mass is 15.2. The van der Waals surface area contributed by atoms with E-state index in [-0.39, 0.29) is 5.54 Å². The fourth-order valence-electron chi connectivity index (χ4n) is 1.31. The van der Waals surface area contributed by atoms with Crippen molar-refractivity contribution in [1.82, 2.24) is 9.78 Å². The highest BCUT2D eigenvalue weighted by Gasteiger charge is 2.38. The molecule has 11 heavy (non-hydrogen) atoms. The Morgan fingerprint density at radius 1 is 1.73 bits per heavy atom. The van der Waals surface area contributed by atoms with E-state index in [1.807, 2.05) is 24.1 Å². The second-order valence-corrected chi connectivity index (χ2v) is 3.56. The summed E-state index contributed by atoms with van der Waals surface area (Å²) in [6.07, 6.45) is 7.25. The average Bonchev–Trinajstić information content (AvgIpc) is 2.49. The molecule has 60 valence electrons. The zero-order valence-corrected chi connectivity index (χ0v) is 6.75. The molecule has 2 rings (SSSR count). The summed E-state index contributed by atoms with van der Waals surface area (Å²) >= 11 is 0. The van der Waals surface area contributed by atoms with E-state index in [1.165, 1.54) is 18.4 Å². The van der Waals surface area contributed by atoms with E-state index in [0.29, 0.717) is 0 Å². The number of aryl methyl sites for hydroxylation is 1. The van der Waals surface area contributed by atoms with Gasteiger partial charge in [-0.25, -0.2) is 0 Å². The van der Waals surface area contributed by atoms with E-state index in [1.54, 1.807) is 0 Å². The molecule has 0 bridgehead atoms. The van der Waals surface area contributed by atoms with E-state index in [4.69, 9.17) is 5.73 Å². The van der Waals surface area contributed by atoms with Crippen LogP contribution in [-0.4, -0.2) is 15.3 Å². The summed E-state index contributed by atoms with van der Waals surface area (Å²) in [5.74, 6) is 0. The van der Waals surface area contributed by atoms with Gasteiger partial charge in [-0.05, 0) is 24.8 Å². The van der Waals surface area contributed by atoms with E-state index in [2.05, 4.69) is 5.10 Å². The lowest BCUT2D eigenvalue weighted by molar-refractivity contribution is 0.671. The Morgan fingerprint density at radius 2 is 2.45 bits per heavy atom. The number of hydrogen-bond acceptors (Lipinski definition) is 2. The molecule has 1 aliphatic carbocycles. The lowest BCUT2D eigenvalue weighted by Crippen LogP contribution is -2.24. The molecule has 0 radical (unpaired) electrons. The van der Waals surface area contributed by atoms with Gasteiger partial charge in [0.1, 0.15) is 0 Å². The van der Waals surface area contributed by atoms with Crippen LogP contribution in [0.2, 0.25) is 0 Å². The van der Waals surface area contributed by atoms with Crippen molar-refractivity contribution in [3.8, 4) is 0 Å². The van der Waals surface area contributed by atoms with Crippen molar-refractivity contribution in [3.05, 3.63) is 18.0 Å². The molecular weight excluding hydrogens is 138 g/mol. The zero-order chi connectivity index (χ0) is 7.90. The van der Waals surface area contributed by atoms with Crippen molar-refractivity contribution in [2.75, 3.05) is 0 Å². The number of nitrogens with zero attached hydrogens (tertiary/aromatic N) is 2. The highest BCUT2D eigenvalue weighted by molar-refractivity contribution is 5.14. The Morgan fingerprint density at radius 3 is 2.91 bits per heavy atom. The van der Waals surface area contributed by atoms with Crippen molar-refractivity contribution < 1.29 is 0 Å². The molecule has 1 aromatic heterocycles. The van der Waals surface area contributed by atoms with Gasteiger partial charge < -0.3 is 5.73 Å². The first-order valence-corrected chi connectivity index (χ1v) is 3.94. The van der Waals surface area contributed by atoms with Gasteiger partial charge >= 0.3 is 0 Å². The number of hydrogen-bond donors (Lipinski definition) is 1. The molecule has 0 atom stereocenters. The predicted molar refractivity (Wildman–Crippen MR) is 43.1 cm³/mol. The molecule has 3 heteroatoms. The third-order valence-corrected chi connectivity index (χ3v) is 2.21. The minimum Gasteiger partial charge on any atom is -0.325 e. The van der Waals surface area contributed by atoms with Crippen molar-refractivity contribution in [1.29, 1.82) is 0 Å². The van der Waals surface area contributed by atoms with Crippen molar-refractivity contribution in [3.63, 3.8) is 0 Å². The summed E-state index contributed by atoms with van der Waals surface area (Å²) in [5.41, 5.74) is 7.32. The van der Waals surface area contributed by atoms with Crippen LogP contribution in [0.15, 0.2) is 12.4 Å². The maximum absolute atomic E-state index is 5.95. The lowest BCUT2D eigenvalue weighted by atomic mass is 10.1. The van der Waals surface area contributed by atoms with Gasteiger partial charge in [-0.3, -0.25) is 4.68 Å². The van der Waals surface area contributed by atoms with E-state index >= 15 is 0 Å². The zero-order valence-electron chi connectivity index (χ0n) is 6.75. The molecule has 2 N–H and O–H groups in total. The maximum atomic E-state index is 5.95. The molecule has 0 unspecified atom stereocenters. The first-order chi connectivity index (χ1) is 5.18. The molecule has 0 aliphatic heterocycles. The van der Waals surface area contributed by atoms with Crippen LogP contribution >= 0.6 is 0 Å². The summed E-state index contributed by atoms with van der Waals surface area (Å²) < 4.78 is 1.82. The highest BCUT2D eigenvalue weighted by Crippen LogP contribution is 2.35. The molecule has 1 aromatic rings. The van der Waals surface area contributed by atoms with Crippen LogP contribution in [0.1, 0.15) is 18.4 Å². The van der Waals surface area contributed by atoms with Crippen molar-refractivity contribution >= 4 is 0 Å². The Balaban J connectivity index is 2.06. The summed E-state index contributed by atoms with van der Waals surface area (Å²) in [7, 11) is 1.93. The smallest absolute Gasteiger partial charge is 0.0522 e. The summed E-state index contributed by atoms with van der Waals surface area (Å²) in [6.45, 7) is 0. The topological polar surface area (TPSA) is 43.8 Å². The van der Waals surface area contributed by atoms with Gasteiger partial charge in [-0.1, -0.05) is 0 Å². The van der Waals surface area contributed by atoms with Gasteiger partial charge in [0.15, 0.2) is 0 Å². The van der Waals surface area contributed by atoms with Crippen molar-refractivity contribution in [2.24, 2.45) is 12.8 Å². The van der Waals surface area contributed by atoms with Crippen LogP contribution in [0.25, 0.3) is 0 Å². The van der Waals surface area contributed by atoms with Crippen molar-refractivity contribution in [2.45, 2.75) is 24.8 Å². The molecule has 1 saturated carbocycles. The third kappa shape index (κ3) is 1.43. The Bertz CT molecular complexity index is 260. The second-order valence-electron chi connectivity index (χ2n) is 3.56. The van der Waals surface area contributed by atoms with Crippen LogP contribution in [0.3, 0.4) is 0 Å². The quantitative estimate of drug-likeness (QED) is 0.667. The number of rotatable bonds is 2. The van der Waals surface area contributed by atoms with E-state index < -0.39 is 0 Å². The van der Waals surface area contributed by atoms with Gasteiger partial charge in [-0.2, -0.15) is 5.10 Å². The third-order valence-electron chi connectivity index (χ3n) is 2.21. The summed E-state index contributed by atoms with van der Waals surface area (Å²) in [6, 6.07) is 0. The lowest BCUT2D eigenvalue weighted by Gasteiger charge is -2.03. The normalized spacial score (nSPS) is 20.2. The average molecular weight is 151 g/mol. The molecule has 0 saturated heterocycles. The van der Waals surface area contributed by atoms with Crippen LogP contribution in [-0.2, 0) is 13.5 Å². The van der Waals surface area contributed by atoms with Crippen LogP contribution < -0.4 is 5.73 Å². The monoisotopic (exact) mass is 151 g/mol. The van der Waals surface area contributed by atoms with Gasteiger partial charge in [0.25, 0.3) is 0 Å². The van der Waals surface area contributed by atoms with E-state index in [0.717, 1.165) is 6.42 Å². The summed E-state index contributed by atoms with van der Waals surface area (Å²) in [4.78, 5) is 0. The SMILES string of the molecule is Cn1cc(CC2(N)CC2)cn1. The number of aromatic nitrogens is 2. The van der Waals surface area contributed by atoms with Crippen LogP contribution in [0.4, 0.5) is 0 Å². The Hall–Kier alpha value is -0.830. The molecule has 1 heterocycles. The van der Waals surface area contributed by atoms with Gasteiger partial charge in [0.05, 0.1) is 6.20 Å². The number of nitrogens with two attached hydrogens (primary N) is 1. The standard InChI is InChI=1S/C8H13N3/c1-11-6-7(5-10-11)4-8(9)2-3-8/h5-6H,2-4,9H2,1H3. The van der Waals surface area contributed by atoms with E-state index in [9.17, 15) is 0 Å². The van der Waals surface area contributed by atoms with Gasteiger partial charge in [0.2, 0.25) is 0 Å². The fourth-order valence-corrected chi connectivity index (χ4v) is 1.31. The Labute approximate surface area is 66.2 Å². The van der Waals surface area contributed by atoms with Crippen LogP contribution in [0.5, 0.6) is 0 Å². The van der Waals surface area contributed by atoms with Gasteiger partial charge in [0, 0.05) is 18.8 Å². The Kier molecular flexibility index (Phi) is 1.29. The molecule has 0 amide bonds. The minimum absolute atomic E-state index is 0.114. The molecular formula is C8H13N3. The molecule has 0 aromatic carbocycles. The minimum atomic E-state index is 0.114.